The van der Waals surface area contributed by atoms with Crippen LogP contribution in [0.15, 0.2) is 22.7 Å². The van der Waals surface area contributed by atoms with Crippen LogP contribution in [0.3, 0.4) is 0 Å². The highest BCUT2D eigenvalue weighted by Gasteiger charge is 2.27. The van der Waals surface area contributed by atoms with Crippen LogP contribution >= 0.6 is 15.9 Å². The zero-order chi connectivity index (χ0) is 14.5. The maximum absolute atomic E-state index is 11.8. The van der Waals surface area contributed by atoms with Gasteiger partial charge in [-0.05, 0) is 25.1 Å². The first-order valence-corrected chi connectivity index (χ1v) is 6.16. The van der Waals surface area contributed by atoms with Crippen molar-refractivity contribution in [3.8, 4) is 5.75 Å². The molecule has 1 aromatic carbocycles. The van der Waals surface area contributed by atoms with Gasteiger partial charge in [0.25, 0.3) is 0 Å². The lowest BCUT2D eigenvalue weighted by Gasteiger charge is -2.11. The highest BCUT2D eigenvalue weighted by atomic mass is 79.9. The molecule has 0 aliphatic carbocycles. The van der Waals surface area contributed by atoms with E-state index in [9.17, 15) is 18.0 Å². The lowest BCUT2D eigenvalue weighted by molar-refractivity contribution is -0.175. The fourth-order valence-electron chi connectivity index (χ4n) is 1.30. The smallest absolute Gasteiger partial charge is 0.411 e. The molecule has 1 rings (SSSR count). The summed E-state index contributed by atoms with van der Waals surface area (Å²) in [6.07, 6.45) is -4.35. The van der Waals surface area contributed by atoms with Crippen molar-refractivity contribution in [1.82, 2.24) is 0 Å². The summed E-state index contributed by atoms with van der Waals surface area (Å²) in [5, 5.41) is 0. The predicted octanol–water partition coefficient (Wildman–Crippen LogP) is 3.61. The number of hydrogen-bond acceptors (Lipinski definition) is 3. The minimum atomic E-state index is -4.35. The Bertz CT molecular complexity index is 446. The van der Waals surface area contributed by atoms with Gasteiger partial charge >= 0.3 is 6.18 Å². The number of halogens is 4. The van der Waals surface area contributed by atoms with E-state index in [2.05, 4.69) is 20.7 Å². The molecule has 0 atom stereocenters. The summed E-state index contributed by atoms with van der Waals surface area (Å²) in [4.78, 5) is 11.4. The van der Waals surface area contributed by atoms with E-state index in [1.54, 1.807) is 18.2 Å². The van der Waals surface area contributed by atoms with Crippen molar-refractivity contribution in [2.75, 3.05) is 19.8 Å². The molecule has 19 heavy (non-hydrogen) atoms. The third-order valence-corrected chi connectivity index (χ3v) is 2.57. The Morgan fingerprint density at radius 3 is 2.58 bits per heavy atom. The summed E-state index contributed by atoms with van der Waals surface area (Å²) >= 11 is 3.22. The molecule has 0 saturated heterocycles. The van der Waals surface area contributed by atoms with Crippen molar-refractivity contribution >= 4 is 21.7 Å². The second-order valence-corrected chi connectivity index (χ2v) is 4.63. The molecule has 0 fully saturated rings. The summed E-state index contributed by atoms with van der Waals surface area (Å²) in [6.45, 7) is -0.185. The van der Waals surface area contributed by atoms with E-state index in [0.717, 1.165) is 4.47 Å². The van der Waals surface area contributed by atoms with Gasteiger partial charge in [-0.15, -0.1) is 0 Å². The van der Waals surface area contributed by atoms with E-state index >= 15 is 0 Å². The lowest BCUT2D eigenvalue weighted by Crippen LogP contribution is -2.19. The Morgan fingerprint density at radius 2 is 2.00 bits per heavy atom. The summed E-state index contributed by atoms with van der Waals surface area (Å²) in [5.74, 6) is 0.138. The molecule has 0 bridgehead atoms. The minimum Gasteiger partial charge on any atom is -0.490 e. The van der Waals surface area contributed by atoms with Crippen LogP contribution in [0.4, 0.5) is 13.2 Å². The van der Waals surface area contributed by atoms with Crippen molar-refractivity contribution in [3.05, 3.63) is 28.2 Å². The van der Waals surface area contributed by atoms with Crippen molar-refractivity contribution in [1.29, 1.82) is 0 Å². The second kappa shape index (κ2) is 6.91. The molecule has 0 saturated carbocycles. The lowest BCUT2D eigenvalue weighted by atomic mass is 10.1. The number of hydrogen-bond donors (Lipinski definition) is 0. The Balaban J connectivity index is 2.47. The van der Waals surface area contributed by atoms with Gasteiger partial charge < -0.3 is 9.47 Å². The first kappa shape index (κ1) is 16.0. The molecular weight excluding hydrogens is 329 g/mol. The number of alkyl halides is 3. The first-order valence-electron chi connectivity index (χ1n) is 5.37. The molecule has 7 heteroatoms. The highest BCUT2D eigenvalue weighted by Crippen LogP contribution is 2.23. The molecule has 0 radical (unpaired) electrons. The molecule has 0 amide bonds. The maximum Gasteiger partial charge on any atom is 0.411 e. The third kappa shape index (κ3) is 6.07. The van der Waals surface area contributed by atoms with Crippen molar-refractivity contribution in [2.24, 2.45) is 0 Å². The van der Waals surface area contributed by atoms with Gasteiger partial charge in [0.2, 0.25) is 0 Å². The van der Waals surface area contributed by atoms with E-state index < -0.39 is 12.8 Å². The quantitative estimate of drug-likeness (QED) is 0.586. The predicted molar refractivity (Wildman–Crippen MR) is 66.5 cm³/mol. The van der Waals surface area contributed by atoms with Crippen LogP contribution in [-0.4, -0.2) is 31.8 Å². The number of ether oxygens (including phenoxy) is 2. The van der Waals surface area contributed by atoms with Gasteiger partial charge in [-0.3, -0.25) is 4.79 Å². The van der Waals surface area contributed by atoms with Gasteiger partial charge in [-0.2, -0.15) is 13.2 Å². The number of carbonyl (C=O) groups excluding carboxylic acids is 1. The highest BCUT2D eigenvalue weighted by molar-refractivity contribution is 9.10. The molecule has 0 spiro atoms. The first-order chi connectivity index (χ1) is 8.79. The van der Waals surface area contributed by atoms with E-state index in [1.165, 1.54) is 6.92 Å². The van der Waals surface area contributed by atoms with Crippen molar-refractivity contribution < 1.29 is 27.4 Å². The van der Waals surface area contributed by atoms with Gasteiger partial charge in [0.05, 0.1) is 12.2 Å². The molecule has 0 N–H and O–H groups in total. The summed E-state index contributed by atoms with van der Waals surface area (Å²) < 4.78 is 45.8. The molecular formula is C12H12BrF3O3. The summed E-state index contributed by atoms with van der Waals surface area (Å²) in [5.41, 5.74) is 0.366. The topological polar surface area (TPSA) is 35.5 Å². The Hall–Kier alpha value is -1.08. The molecule has 3 nitrogen and oxygen atoms in total. The maximum atomic E-state index is 11.8. The van der Waals surface area contributed by atoms with Crippen molar-refractivity contribution in [3.63, 3.8) is 0 Å². The summed E-state index contributed by atoms with van der Waals surface area (Å²) in [6, 6.07) is 4.84. The van der Waals surface area contributed by atoms with E-state index in [4.69, 9.17) is 4.74 Å². The number of ketones is 1. The minimum absolute atomic E-state index is 0.0575. The Kier molecular flexibility index (Phi) is 5.81. The number of carbonyl (C=O) groups is 1. The van der Waals surface area contributed by atoms with Crippen LogP contribution in [0.5, 0.6) is 5.75 Å². The fraction of sp³-hybridized carbons (Fsp3) is 0.417. The van der Waals surface area contributed by atoms with Crippen LogP contribution in [0, 0.1) is 0 Å². The van der Waals surface area contributed by atoms with Crippen LogP contribution < -0.4 is 4.74 Å². The average molecular weight is 341 g/mol. The average Bonchev–Trinajstić information content (AvgIpc) is 2.28. The molecule has 106 valence electrons. The molecule has 0 heterocycles. The van der Waals surface area contributed by atoms with Gasteiger partial charge in [-0.1, -0.05) is 15.9 Å². The van der Waals surface area contributed by atoms with Gasteiger partial charge in [0.1, 0.15) is 19.0 Å². The van der Waals surface area contributed by atoms with Crippen LogP contribution in [0.2, 0.25) is 0 Å². The largest absolute Gasteiger partial charge is 0.490 e. The zero-order valence-electron chi connectivity index (χ0n) is 10.1. The molecule has 0 aromatic heterocycles. The number of benzene rings is 1. The fourth-order valence-corrected chi connectivity index (χ4v) is 1.66. The second-order valence-electron chi connectivity index (χ2n) is 3.71. The Morgan fingerprint density at radius 1 is 1.32 bits per heavy atom. The van der Waals surface area contributed by atoms with E-state index in [0.29, 0.717) is 11.3 Å². The number of Topliss-reactive ketones (excluding diaryl/α,β-unsaturated/α-hetero) is 1. The molecule has 0 unspecified atom stereocenters. The normalized spacial score (nSPS) is 11.4. The standard InChI is InChI=1S/C12H12BrF3O3/c1-8(17)10-6-9(13)2-3-11(10)19-5-4-18-7-12(14,15)16/h2-3,6H,4-5,7H2,1H3. The van der Waals surface area contributed by atoms with Crippen LogP contribution in [0.1, 0.15) is 17.3 Å². The number of rotatable bonds is 6. The van der Waals surface area contributed by atoms with Crippen LogP contribution in [0.25, 0.3) is 0 Å². The Labute approximate surface area is 116 Å². The SMILES string of the molecule is CC(=O)c1cc(Br)ccc1OCCOCC(F)(F)F. The van der Waals surface area contributed by atoms with Gasteiger partial charge in [0.15, 0.2) is 5.78 Å². The molecule has 1 aromatic rings. The monoisotopic (exact) mass is 340 g/mol. The third-order valence-electron chi connectivity index (χ3n) is 2.07. The van der Waals surface area contributed by atoms with Gasteiger partial charge in [-0.25, -0.2) is 0 Å². The molecule has 0 aliphatic rings. The molecule has 0 aliphatic heterocycles. The summed E-state index contributed by atoms with van der Waals surface area (Å²) in [7, 11) is 0. The zero-order valence-corrected chi connectivity index (χ0v) is 11.7. The van der Waals surface area contributed by atoms with E-state index in [-0.39, 0.29) is 19.0 Å². The van der Waals surface area contributed by atoms with Crippen LogP contribution in [-0.2, 0) is 4.74 Å². The van der Waals surface area contributed by atoms with E-state index in [1.807, 2.05) is 0 Å². The van der Waals surface area contributed by atoms with Crippen molar-refractivity contribution in [2.45, 2.75) is 13.1 Å². The van der Waals surface area contributed by atoms with Gasteiger partial charge in [0, 0.05) is 4.47 Å².